The zero-order valence-electron chi connectivity index (χ0n) is 21.1. The van der Waals surface area contributed by atoms with Gasteiger partial charge in [-0.15, -0.1) is 0 Å². The van der Waals surface area contributed by atoms with Crippen LogP contribution in [-0.2, 0) is 25.9 Å². The van der Waals surface area contributed by atoms with E-state index in [2.05, 4.69) is 5.32 Å². The van der Waals surface area contributed by atoms with Crippen molar-refractivity contribution in [1.29, 1.82) is 0 Å². The average molecular weight is 521 g/mol. The second kappa shape index (κ2) is 12.9. The molecule has 1 aliphatic heterocycles. The number of hydrogen-bond acceptors (Lipinski definition) is 7. The number of carbonyl (C=O) groups excluding carboxylic acids is 1. The van der Waals surface area contributed by atoms with Crippen LogP contribution in [0.4, 0.5) is 4.79 Å². The average Bonchev–Trinajstić information content (AvgIpc) is 3.35. The van der Waals surface area contributed by atoms with Gasteiger partial charge in [0.1, 0.15) is 17.6 Å². The van der Waals surface area contributed by atoms with Gasteiger partial charge in [-0.05, 0) is 60.7 Å². The molecule has 2 atom stereocenters. The van der Waals surface area contributed by atoms with Crippen LogP contribution in [0.1, 0.15) is 32.3 Å². The molecule has 36 heavy (non-hydrogen) atoms. The zero-order valence-corrected chi connectivity index (χ0v) is 21.9. The molecule has 1 saturated heterocycles. The first-order valence-corrected chi connectivity index (χ1v) is 13.6. The second-order valence-corrected chi connectivity index (χ2v) is 11.3. The van der Waals surface area contributed by atoms with Crippen molar-refractivity contribution in [2.24, 2.45) is 5.92 Å². The summed E-state index contributed by atoms with van der Waals surface area (Å²) in [6.07, 6.45) is 0.640. The van der Waals surface area contributed by atoms with Gasteiger partial charge >= 0.3 is 6.09 Å². The number of benzene rings is 2. The van der Waals surface area contributed by atoms with Crippen LogP contribution in [0.2, 0.25) is 0 Å². The molecule has 0 bridgehead atoms. The third-order valence-corrected chi connectivity index (χ3v) is 7.77. The summed E-state index contributed by atoms with van der Waals surface area (Å²) in [6.45, 7) is 5.40. The van der Waals surface area contributed by atoms with Crippen molar-refractivity contribution in [1.82, 2.24) is 9.62 Å². The summed E-state index contributed by atoms with van der Waals surface area (Å²) in [6, 6.07) is 12.7. The van der Waals surface area contributed by atoms with E-state index >= 15 is 0 Å². The molecule has 1 fully saturated rings. The molecule has 0 saturated carbocycles. The summed E-state index contributed by atoms with van der Waals surface area (Å²) in [4.78, 5) is 12.8. The van der Waals surface area contributed by atoms with Gasteiger partial charge in [0.2, 0.25) is 10.0 Å². The minimum absolute atomic E-state index is 0.105. The Morgan fingerprint density at radius 1 is 1.17 bits per heavy atom. The molecule has 1 heterocycles. The number of methoxy groups -OCH3 is 1. The van der Waals surface area contributed by atoms with Crippen LogP contribution >= 0.6 is 0 Å². The fourth-order valence-corrected chi connectivity index (χ4v) is 5.63. The first-order chi connectivity index (χ1) is 17.2. The molecule has 0 aromatic heterocycles. The van der Waals surface area contributed by atoms with Crippen LogP contribution in [0.5, 0.6) is 11.5 Å². The van der Waals surface area contributed by atoms with Crippen molar-refractivity contribution in [2.45, 2.75) is 50.2 Å². The van der Waals surface area contributed by atoms with Gasteiger partial charge in [-0.3, -0.25) is 0 Å². The van der Waals surface area contributed by atoms with Gasteiger partial charge in [-0.1, -0.05) is 26.0 Å². The Bertz CT molecular complexity index is 1070. The minimum Gasteiger partial charge on any atom is -0.508 e. The smallest absolute Gasteiger partial charge is 0.407 e. The lowest BCUT2D eigenvalue weighted by Gasteiger charge is -2.27. The number of alkyl carbamates (subject to hydrolysis) is 1. The summed E-state index contributed by atoms with van der Waals surface area (Å²) >= 11 is 0. The Kier molecular flexibility index (Phi) is 9.98. The van der Waals surface area contributed by atoms with E-state index in [0.717, 1.165) is 5.56 Å². The summed E-state index contributed by atoms with van der Waals surface area (Å²) in [5, 5.41) is 12.5. The fourth-order valence-electron chi connectivity index (χ4n) is 4.01. The fraction of sp³-hybridized carbons (Fsp3) is 0.500. The maximum Gasteiger partial charge on any atom is 0.407 e. The van der Waals surface area contributed by atoms with E-state index in [-0.39, 0.29) is 35.3 Å². The Labute approximate surface area is 213 Å². The van der Waals surface area contributed by atoms with Crippen LogP contribution in [0.15, 0.2) is 53.4 Å². The number of ether oxygens (including phenoxy) is 3. The number of nitrogens with one attached hydrogen (secondary N) is 1. The Hall–Kier alpha value is -2.82. The van der Waals surface area contributed by atoms with Crippen LogP contribution in [-0.4, -0.2) is 69.5 Å². The van der Waals surface area contributed by atoms with Crippen molar-refractivity contribution < 1.29 is 32.5 Å². The quantitative estimate of drug-likeness (QED) is 0.440. The molecule has 2 aromatic rings. The van der Waals surface area contributed by atoms with Gasteiger partial charge in [0.05, 0.1) is 25.2 Å². The van der Waals surface area contributed by atoms with E-state index in [1.807, 2.05) is 13.8 Å². The first kappa shape index (κ1) is 27.8. The lowest BCUT2D eigenvalue weighted by molar-refractivity contribution is 0.0803. The van der Waals surface area contributed by atoms with Crippen molar-refractivity contribution >= 4 is 16.1 Å². The Balaban J connectivity index is 1.75. The number of nitrogens with zero attached hydrogens (tertiary/aromatic N) is 1. The molecular formula is C26H36N2O7S. The van der Waals surface area contributed by atoms with E-state index in [1.54, 1.807) is 36.4 Å². The van der Waals surface area contributed by atoms with Crippen molar-refractivity contribution in [3.63, 3.8) is 0 Å². The molecule has 0 aliphatic carbocycles. The largest absolute Gasteiger partial charge is 0.508 e. The second-order valence-electron chi connectivity index (χ2n) is 9.32. The van der Waals surface area contributed by atoms with Gasteiger partial charge < -0.3 is 24.6 Å². The number of phenolic OH excluding ortho intramolecular Hbond substituents is 1. The maximum atomic E-state index is 13.5. The molecule has 198 valence electrons. The molecule has 2 N–H and O–H groups in total. The summed E-state index contributed by atoms with van der Waals surface area (Å²) in [7, 11) is -2.23. The lowest BCUT2D eigenvalue weighted by atomic mass is 10.0. The molecule has 0 unspecified atom stereocenters. The molecule has 0 spiro atoms. The summed E-state index contributed by atoms with van der Waals surface area (Å²) in [5.41, 5.74) is 0.899. The number of aromatic hydroxyl groups is 1. The lowest BCUT2D eigenvalue weighted by Crippen LogP contribution is -2.42. The molecule has 0 radical (unpaired) electrons. The highest BCUT2D eigenvalue weighted by molar-refractivity contribution is 7.89. The van der Waals surface area contributed by atoms with E-state index in [9.17, 15) is 18.3 Å². The molecule has 3 rings (SSSR count). The van der Waals surface area contributed by atoms with Crippen molar-refractivity contribution in [3.8, 4) is 11.5 Å². The number of phenols is 1. The summed E-state index contributed by atoms with van der Waals surface area (Å²) < 4.78 is 44.3. The van der Waals surface area contributed by atoms with Gasteiger partial charge in [-0.25, -0.2) is 13.2 Å². The number of rotatable bonds is 12. The number of amides is 1. The Morgan fingerprint density at radius 2 is 1.86 bits per heavy atom. The molecule has 10 heteroatoms. The van der Waals surface area contributed by atoms with Crippen LogP contribution in [0.25, 0.3) is 0 Å². The highest BCUT2D eigenvalue weighted by Crippen LogP contribution is 2.22. The number of carbonyl (C=O) groups is 1. The van der Waals surface area contributed by atoms with Crippen molar-refractivity contribution in [2.75, 3.05) is 33.4 Å². The molecule has 1 amide bonds. The number of sulfonamides is 1. The highest BCUT2D eigenvalue weighted by Gasteiger charge is 2.27. The van der Waals surface area contributed by atoms with Gasteiger partial charge in [-0.2, -0.15) is 4.31 Å². The minimum atomic E-state index is -3.76. The van der Waals surface area contributed by atoms with Gasteiger partial charge in [0.25, 0.3) is 0 Å². The van der Waals surface area contributed by atoms with E-state index < -0.39 is 16.1 Å². The Morgan fingerprint density at radius 3 is 2.44 bits per heavy atom. The third-order valence-electron chi connectivity index (χ3n) is 5.89. The first-order valence-electron chi connectivity index (χ1n) is 12.1. The zero-order chi connectivity index (χ0) is 26.1. The topological polar surface area (TPSA) is 114 Å². The predicted molar refractivity (Wildman–Crippen MR) is 136 cm³/mol. The van der Waals surface area contributed by atoms with Gasteiger partial charge in [0, 0.05) is 25.6 Å². The van der Waals surface area contributed by atoms with Gasteiger partial charge in [0.15, 0.2) is 0 Å². The molecule has 1 aliphatic rings. The summed E-state index contributed by atoms with van der Waals surface area (Å²) in [5.74, 6) is 0.833. The normalized spacial score (nSPS) is 16.8. The van der Waals surface area contributed by atoms with Crippen LogP contribution in [0, 0.1) is 5.92 Å². The standard InChI is InChI=1S/C26H36N2O7S/c1-19(2)17-28(36(31,32)25-10-8-23(33-3)9-11-25)14-12-21(16-20-4-6-22(29)7-5-20)27-26(30)35-24-13-15-34-18-24/h4-11,19,21,24,29H,12-18H2,1-3H3,(H,27,30)/t21-,24-/m1/s1. The maximum absolute atomic E-state index is 13.5. The number of hydrogen-bond donors (Lipinski definition) is 2. The van der Waals surface area contributed by atoms with Crippen molar-refractivity contribution in [3.05, 3.63) is 54.1 Å². The molecular weight excluding hydrogens is 484 g/mol. The molecule has 9 nitrogen and oxygen atoms in total. The molecule has 2 aromatic carbocycles. The monoisotopic (exact) mass is 520 g/mol. The SMILES string of the molecule is COc1ccc(S(=O)(=O)N(CC[C@H](Cc2ccc(O)cc2)NC(=O)O[C@@H]2CCOC2)CC(C)C)cc1. The third kappa shape index (κ3) is 8.11. The van der Waals surface area contributed by atoms with E-state index in [4.69, 9.17) is 14.2 Å². The predicted octanol–water partition coefficient (Wildman–Crippen LogP) is 3.56. The van der Waals surface area contributed by atoms with E-state index in [0.29, 0.717) is 44.8 Å². The highest BCUT2D eigenvalue weighted by atomic mass is 32.2. The van der Waals surface area contributed by atoms with Crippen LogP contribution in [0.3, 0.4) is 0 Å². The van der Waals surface area contributed by atoms with Crippen LogP contribution < -0.4 is 10.1 Å². The van der Waals surface area contributed by atoms with E-state index in [1.165, 1.54) is 23.5 Å².